The van der Waals surface area contributed by atoms with Gasteiger partial charge < -0.3 is 5.32 Å². The van der Waals surface area contributed by atoms with E-state index >= 15 is 0 Å². The number of imide groups is 1. The molecule has 1 heterocycles. The number of carbonyl (C=O) groups is 3. The molecule has 1 aliphatic heterocycles. The number of thioether (sulfide) groups is 1. The SMILES string of the molecule is CSCCC(C(=O)NCc1ccc(Cl)cc1)N1C(=O)c2ccccc2C1=O. The quantitative estimate of drug-likeness (QED) is 0.721. The van der Waals surface area contributed by atoms with Gasteiger partial charge in [0.25, 0.3) is 11.8 Å². The fourth-order valence-electron chi connectivity index (χ4n) is 3.01. The standard InChI is InChI=1S/C20H19ClN2O3S/c1-27-11-10-17(18(24)22-12-13-6-8-14(21)9-7-13)23-19(25)15-4-2-3-5-16(15)20(23)26/h2-9,17H,10-12H2,1H3,(H,22,24). The predicted molar refractivity (Wildman–Crippen MR) is 107 cm³/mol. The Morgan fingerprint density at radius 2 is 1.67 bits per heavy atom. The summed E-state index contributed by atoms with van der Waals surface area (Å²) < 4.78 is 0. The molecular formula is C20H19ClN2O3S. The molecule has 1 aliphatic rings. The number of hydrogen-bond acceptors (Lipinski definition) is 4. The Kier molecular flexibility index (Phi) is 6.19. The molecule has 2 aromatic rings. The lowest BCUT2D eigenvalue weighted by molar-refractivity contribution is -0.125. The Bertz CT molecular complexity index is 835. The van der Waals surface area contributed by atoms with Crippen LogP contribution in [0.4, 0.5) is 0 Å². The number of nitrogens with zero attached hydrogens (tertiary/aromatic N) is 1. The van der Waals surface area contributed by atoms with Crippen LogP contribution in [0, 0.1) is 0 Å². The normalized spacial score (nSPS) is 14.2. The van der Waals surface area contributed by atoms with Crippen molar-refractivity contribution >= 4 is 41.1 Å². The van der Waals surface area contributed by atoms with E-state index in [-0.39, 0.29) is 5.91 Å². The van der Waals surface area contributed by atoms with Gasteiger partial charge in [0.2, 0.25) is 5.91 Å². The van der Waals surface area contributed by atoms with Gasteiger partial charge in [0.15, 0.2) is 0 Å². The number of halogens is 1. The van der Waals surface area contributed by atoms with Crippen molar-refractivity contribution in [1.29, 1.82) is 0 Å². The molecule has 0 aliphatic carbocycles. The number of amides is 3. The van der Waals surface area contributed by atoms with E-state index < -0.39 is 17.9 Å². The van der Waals surface area contributed by atoms with Crippen molar-refractivity contribution in [3.8, 4) is 0 Å². The van der Waals surface area contributed by atoms with Gasteiger partial charge in [0.05, 0.1) is 11.1 Å². The fourth-order valence-corrected chi connectivity index (χ4v) is 3.59. The van der Waals surface area contributed by atoms with E-state index in [0.29, 0.717) is 34.9 Å². The van der Waals surface area contributed by atoms with Crippen LogP contribution >= 0.6 is 23.4 Å². The lowest BCUT2D eigenvalue weighted by Gasteiger charge is -2.25. The first-order valence-corrected chi connectivity index (χ1v) is 10.3. The fraction of sp³-hybridized carbons (Fsp3) is 0.250. The Hall–Kier alpha value is -2.31. The molecule has 1 N–H and O–H groups in total. The highest BCUT2D eigenvalue weighted by molar-refractivity contribution is 7.98. The molecule has 3 rings (SSSR count). The van der Waals surface area contributed by atoms with Crippen molar-refractivity contribution in [3.05, 3.63) is 70.2 Å². The van der Waals surface area contributed by atoms with Crippen LogP contribution in [-0.4, -0.2) is 40.7 Å². The van der Waals surface area contributed by atoms with Gasteiger partial charge in [-0.1, -0.05) is 35.9 Å². The molecule has 0 saturated heterocycles. The second-order valence-corrected chi connectivity index (χ2v) is 7.59. The Morgan fingerprint density at radius 3 is 2.22 bits per heavy atom. The summed E-state index contributed by atoms with van der Waals surface area (Å²) >= 11 is 7.44. The smallest absolute Gasteiger partial charge is 0.262 e. The molecule has 0 spiro atoms. The van der Waals surface area contributed by atoms with Gasteiger partial charge in [-0.2, -0.15) is 11.8 Å². The Balaban J connectivity index is 1.77. The average Bonchev–Trinajstić information content (AvgIpc) is 2.93. The molecule has 0 radical (unpaired) electrons. The molecule has 0 saturated carbocycles. The molecule has 0 fully saturated rings. The molecule has 140 valence electrons. The Morgan fingerprint density at radius 1 is 1.07 bits per heavy atom. The van der Waals surface area contributed by atoms with Gasteiger partial charge in [0.1, 0.15) is 6.04 Å². The van der Waals surface area contributed by atoms with Gasteiger partial charge >= 0.3 is 0 Å². The van der Waals surface area contributed by atoms with Crippen LogP contribution in [0.25, 0.3) is 0 Å². The minimum absolute atomic E-state index is 0.301. The van der Waals surface area contributed by atoms with E-state index in [1.807, 2.05) is 18.4 Å². The van der Waals surface area contributed by atoms with Crippen molar-refractivity contribution in [3.63, 3.8) is 0 Å². The molecule has 7 heteroatoms. The second-order valence-electron chi connectivity index (χ2n) is 6.17. The third-order valence-electron chi connectivity index (χ3n) is 4.42. The minimum atomic E-state index is -0.836. The van der Waals surface area contributed by atoms with Crippen LogP contribution in [0.1, 0.15) is 32.7 Å². The first-order valence-electron chi connectivity index (χ1n) is 8.51. The topological polar surface area (TPSA) is 66.5 Å². The maximum Gasteiger partial charge on any atom is 0.262 e. The maximum absolute atomic E-state index is 12.8. The molecule has 3 amide bonds. The number of rotatable bonds is 7. The summed E-state index contributed by atoms with van der Waals surface area (Å²) in [6, 6.07) is 13.0. The highest BCUT2D eigenvalue weighted by Crippen LogP contribution is 2.26. The summed E-state index contributed by atoms with van der Waals surface area (Å²) in [5.41, 5.74) is 1.59. The lowest BCUT2D eigenvalue weighted by atomic mass is 10.1. The summed E-state index contributed by atoms with van der Waals surface area (Å²) in [4.78, 5) is 39.4. The van der Waals surface area contributed by atoms with Gasteiger partial charge in [-0.25, -0.2) is 0 Å². The van der Waals surface area contributed by atoms with Crippen LogP contribution in [0.5, 0.6) is 0 Å². The summed E-state index contributed by atoms with van der Waals surface area (Å²) in [7, 11) is 0. The first-order chi connectivity index (χ1) is 13.0. The van der Waals surface area contributed by atoms with Crippen LogP contribution in [-0.2, 0) is 11.3 Å². The number of benzene rings is 2. The van der Waals surface area contributed by atoms with E-state index in [9.17, 15) is 14.4 Å². The minimum Gasteiger partial charge on any atom is -0.350 e. The van der Waals surface area contributed by atoms with Gasteiger partial charge in [-0.15, -0.1) is 0 Å². The van der Waals surface area contributed by atoms with Crippen molar-refractivity contribution in [2.75, 3.05) is 12.0 Å². The highest BCUT2D eigenvalue weighted by Gasteiger charge is 2.42. The van der Waals surface area contributed by atoms with E-state index in [2.05, 4.69) is 5.32 Å². The zero-order chi connectivity index (χ0) is 19.4. The van der Waals surface area contributed by atoms with Crippen molar-refractivity contribution in [2.24, 2.45) is 0 Å². The molecule has 2 aromatic carbocycles. The van der Waals surface area contributed by atoms with E-state index in [1.54, 1.807) is 48.2 Å². The number of hydrogen-bond donors (Lipinski definition) is 1. The van der Waals surface area contributed by atoms with Crippen LogP contribution in [0.3, 0.4) is 0 Å². The zero-order valence-corrected chi connectivity index (χ0v) is 16.3. The summed E-state index contributed by atoms with van der Waals surface area (Å²) in [5.74, 6) is -0.507. The van der Waals surface area contributed by atoms with E-state index in [1.165, 1.54) is 0 Å². The summed E-state index contributed by atoms with van der Waals surface area (Å²) in [6.07, 6.45) is 2.32. The van der Waals surface area contributed by atoms with Gasteiger partial charge in [0, 0.05) is 11.6 Å². The lowest BCUT2D eigenvalue weighted by Crippen LogP contribution is -2.49. The van der Waals surface area contributed by atoms with E-state index in [4.69, 9.17) is 11.6 Å². The molecular weight excluding hydrogens is 384 g/mol. The van der Waals surface area contributed by atoms with Crippen molar-refractivity contribution in [2.45, 2.75) is 19.0 Å². The third-order valence-corrected chi connectivity index (χ3v) is 5.31. The predicted octanol–water partition coefficient (Wildman–Crippen LogP) is 3.37. The van der Waals surface area contributed by atoms with Gasteiger partial charge in [-0.3, -0.25) is 19.3 Å². The molecule has 1 atom stereocenters. The maximum atomic E-state index is 12.8. The van der Waals surface area contributed by atoms with Crippen LogP contribution in [0.2, 0.25) is 5.02 Å². The molecule has 0 bridgehead atoms. The average molecular weight is 403 g/mol. The summed E-state index contributed by atoms with van der Waals surface area (Å²) in [6.45, 7) is 0.301. The number of nitrogens with one attached hydrogen (secondary N) is 1. The van der Waals surface area contributed by atoms with E-state index in [0.717, 1.165) is 10.5 Å². The van der Waals surface area contributed by atoms with Crippen LogP contribution in [0.15, 0.2) is 48.5 Å². The highest BCUT2D eigenvalue weighted by atomic mass is 35.5. The molecule has 27 heavy (non-hydrogen) atoms. The summed E-state index contributed by atoms with van der Waals surface area (Å²) in [5, 5.41) is 3.45. The molecule has 0 aromatic heterocycles. The van der Waals surface area contributed by atoms with Crippen molar-refractivity contribution < 1.29 is 14.4 Å². The number of carbonyl (C=O) groups excluding carboxylic acids is 3. The first kappa shape index (κ1) is 19.5. The Labute approximate surface area is 167 Å². The zero-order valence-electron chi connectivity index (χ0n) is 14.8. The monoisotopic (exact) mass is 402 g/mol. The largest absolute Gasteiger partial charge is 0.350 e. The molecule has 1 unspecified atom stereocenters. The second kappa shape index (κ2) is 8.59. The molecule has 5 nitrogen and oxygen atoms in total. The third kappa shape index (κ3) is 4.17. The van der Waals surface area contributed by atoms with Crippen molar-refractivity contribution in [1.82, 2.24) is 10.2 Å². The number of fused-ring (bicyclic) bond motifs is 1. The van der Waals surface area contributed by atoms with Crippen LogP contribution < -0.4 is 5.32 Å². The van der Waals surface area contributed by atoms with Gasteiger partial charge in [-0.05, 0) is 48.3 Å².